The number of aliphatic carboxylic acids is 1. The van der Waals surface area contributed by atoms with Crippen molar-refractivity contribution in [2.45, 2.75) is 49.9 Å². The van der Waals surface area contributed by atoms with Gasteiger partial charge >= 0.3 is 5.97 Å². The van der Waals surface area contributed by atoms with Crippen molar-refractivity contribution in [1.29, 1.82) is 0 Å². The molecule has 0 aromatic heterocycles. The molecule has 7 rings (SSSR count). The summed E-state index contributed by atoms with van der Waals surface area (Å²) in [5, 5.41) is 18.7. The van der Waals surface area contributed by atoms with E-state index in [1.807, 2.05) is 48.5 Å². The third kappa shape index (κ3) is 5.84. The number of anilines is 1. The average molecular weight is 711 g/mol. The topological polar surface area (TPSA) is 142 Å². The molecule has 2 N–H and O–H groups in total. The van der Waals surface area contributed by atoms with Crippen LogP contribution in [0.4, 0.5) is 5.69 Å². The summed E-state index contributed by atoms with van der Waals surface area (Å²) < 4.78 is 5.66. The fourth-order valence-corrected chi connectivity index (χ4v) is 9.23. The molecule has 0 spiro atoms. The van der Waals surface area contributed by atoms with Crippen molar-refractivity contribution >= 4 is 46.9 Å². The first kappa shape index (κ1) is 34.6. The van der Waals surface area contributed by atoms with Gasteiger partial charge in [-0.25, -0.2) is 4.90 Å². The highest BCUT2D eigenvalue weighted by molar-refractivity contribution is 6.32. The van der Waals surface area contributed by atoms with E-state index < -0.39 is 41.0 Å². The molecule has 0 unspecified atom stereocenters. The van der Waals surface area contributed by atoms with Gasteiger partial charge in [0, 0.05) is 23.9 Å². The van der Waals surface area contributed by atoms with Gasteiger partial charge in [0.05, 0.1) is 35.5 Å². The number of benzene rings is 3. The van der Waals surface area contributed by atoms with Gasteiger partial charge in [-0.2, -0.15) is 0 Å². The molecule has 2 aliphatic heterocycles. The van der Waals surface area contributed by atoms with Crippen LogP contribution in [-0.2, 0) is 29.4 Å². The number of unbranched alkanes of at least 4 members (excludes halogenated alkanes) is 2. The maximum Gasteiger partial charge on any atom is 0.303 e. The Morgan fingerprint density at radius 3 is 2.35 bits per heavy atom. The Morgan fingerprint density at radius 1 is 0.882 bits per heavy atom. The molecule has 264 valence electrons. The molecule has 0 bridgehead atoms. The van der Waals surface area contributed by atoms with Crippen LogP contribution in [0.1, 0.15) is 55.6 Å². The number of hydrogen-bond donors (Lipinski definition) is 2. The summed E-state index contributed by atoms with van der Waals surface area (Å²) in [5.41, 5.74) is 1.29. The van der Waals surface area contributed by atoms with Gasteiger partial charge < -0.3 is 14.9 Å². The van der Waals surface area contributed by atoms with Crippen molar-refractivity contribution in [3.05, 3.63) is 107 Å². The summed E-state index contributed by atoms with van der Waals surface area (Å²) in [6, 6.07) is 23.3. The van der Waals surface area contributed by atoms with Crippen molar-refractivity contribution in [2.75, 3.05) is 24.7 Å². The van der Waals surface area contributed by atoms with Crippen molar-refractivity contribution < 1.29 is 38.9 Å². The first-order valence-corrected chi connectivity index (χ1v) is 17.9. The second-order valence-electron chi connectivity index (χ2n) is 13.8. The first-order chi connectivity index (χ1) is 24.7. The summed E-state index contributed by atoms with van der Waals surface area (Å²) in [7, 11) is 0. The Kier molecular flexibility index (Phi) is 9.56. The first-order valence-electron chi connectivity index (χ1n) is 17.5. The second kappa shape index (κ2) is 14.1. The summed E-state index contributed by atoms with van der Waals surface area (Å²) in [6.07, 6.45) is 4.11. The maximum absolute atomic E-state index is 15.3. The molecule has 51 heavy (non-hydrogen) atoms. The highest BCUT2D eigenvalue weighted by atomic mass is 35.5. The molecule has 6 atom stereocenters. The Bertz CT molecular complexity index is 1900. The highest BCUT2D eigenvalue weighted by Crippen LogP contribution is 2.64. The number of rotatable bonds is 12. The van der Waals surface area contributed by atoms with Crippen LogP contribution in [0.5, 0.6) is 5.75 Å². The van der Waals surface area contributed by atoms with Gasteiger partial charge in [0.2, 0.25) is 23.6 Å². The molecule has 3 fully saturated rings. The summed E-state index contributed by atoms with van der Waals surface area (Å²) in [5.74, 6) is -4.91. The normalized spacial score (nSPS) is 26.9. The van der Waals surface area contributed by atoms with E-state index in [1.54, 1.807) is 36.4 Å². The molecular formula is C40H39ClN2O8. The number of carboxylic acid groups (broad SMARTS) is 1. The van der Waals surface area contributed by atoms with E-state index in [-0.39, 0.29) is 56.2 Å². The quantitative estimate of drug-likeness (QED) is 0.142. The van der Waals surface area contributed by atoms with Crippen LogP contribution >= 0.6 is 11.6 Å². The van der Waals surface area contributed by atoms with E-state index in [0.717, 1.165) is 11.1 Å². The number of aliphatic hydroxyl groups is 1. The van der Waals surface area contributed by atoms with Crippen LogP contribution in [0.25, 0.3) is 0 Å². The lowest BCUT2D eigenvalue weighted by Gasteiger charge is -2.50. The van der Waals surface area contributed by atoms with Gasteiger partial charge in [-0.3, -0.25) is 28.9 Å². The summed E-state index contributed by atoms with van der Waals surface area (Å²) >= 11 is 6.38. The van der Waals surface area contributed by atoms with Crippen molar-refractivity contribution in [2.24, 2.45) is 23.7 Å². The number of carboxylic acids is 1. The summed E-state index contributed by atoms with van der Waals surface area (Å²) in [4.78, 5) is 71.7. The van der Waals surface area contributed by atoms with Crippen LogP contribution in [0.3, 0.4) is 0 Å². The zero-order valence-electron chi connectivity index (χ0n) is 27.9. The number of imide groups is 2. The number of carbonyl (C=O) groups excluding carboxylic acids is 4. The number of nitrogens with zero attached hydrogens (tertiary/aromatic N) is 2. The Labute approximate surface area is 300 Å². The third-order valence-electron chi connectivity index (χ3n) is 11.1. The van der Waals surface area contributed by atoms with E-state index in [9.17, 15) is 24.3 Å². The lowest BCUT2D eigenvalue weighted by atomic mass is 9.49. The van der Waals surface area contributed by atoms with Crippen molar-refractivity contribution in [1.82, 2.24) is 4.90 Å². The van der Waals surface area contributed by atoms with Gasteiger partial charge in [0.15, 0.2) is 0 Å². The van der Waals surface area contributed by atoms with Gasteiger partial charge in [0.25, 0.3) is 0 Å². The second-order valence-corrected chi connectivity index (χ2v) is 14.2. The Hall–Kier alpha value is -4.80. The van der Waals surface area contributed by atoms with Crippen LogP contribution in [-0.4, -0.2) is 64.5 Å². The zero-order chi connectivity index (χ0) is 35.9. The summed E-state index contributed by atoms with van der Waals surface area (Å²) in [6.45, 7) is 0.174. The van der Waals surface area contributed by atoms with Crippen LogP contribution in [0.15, 0.2) is 90.5 Å². The largest absolute Gasteiger partial charge is 0.491 e. The number of allylic oxidation sites excluding steroid dienone is 2. The maximum atomic E-state index is 15.3. The molecule has 4 aliphatic rings. The van der Waals surface area contributed by atoms with E-state index in [2.05, 4.69) is 0 Å². The van der Waals surface area contributed by atoms with Gasteiger partial charge in [-0.15, -0.1) is 0 Å². The zero-order valence-corrected chi connectivity index (χ0v) is 28.7. The minimum Gasteiger partial charge on any atom is -0.491 e. The minimum absolute atomic E-state index is 0.0297. The monoisotopic (exact) mass is 710 g/mol. The Balaban J connectivity index is 1.35. The lowest BCUT2D eigenvalue weighted by Crippen LogP contribution is -2.53. The molecule has 4 amide bonds. The molecule has 3 aromatic rings. The fraction of sp³-hybridized carbons (Fsp3) is 0.375. The molecular weight excluding hydrogens is 672 g/mol. The van der Waals surface area contributed by atoms with Crippen molar-refractivity contribution in [3.8, 4) is 5.75 Å². The molecule has 2 heterocycles. The van der Waals surface area contributed by atoms with E-state index in [0.29, 0.717) is 47.7 Å². The number of aliphatic hydroxyl groups excluding tert-OH is 1. The molecule has 2 saturated heterocycles. The molecule has 10 nitrogen and oxygen atoms in total. The molecule has 2 aliphatic carbocycles. The van der Waals surface area contributed by atoms with Crippen molar-refractivity contribution in [3.63, 3.8) is 0 Å². The van der Waals surface area contributed by atoms with Crippen LogP contribution < -0.4 is 9.64 Å². The van der Waals surface area contributed by atoms with E-state index in [4.69, 9.17) is 21.4 Å². The Morgan fingerprint density at radius 2 is 1.65 bits per heavy atom. The number of amides is 4. The van der Waals surface area contributed by atoms with Gasteiger partial charge in [0.1, 0.15) is 12.4 Å². The predicted molar refractivity (Wildman–Crippen MR) is 188 cm³/mol. The molecule has 11 heteroatoms. The number of ether oxygens (including phenoxy) is 1. The standard InChI is InChI=1S/C40H39ClN2O8/c41-26-10-7-11-27(22-26)43-37(48)32-23-31-29(17-18-30-34(31)38(49)42(36(30)47)19-6-2-5-12-33(45)46)35(24-13-15-28(16-14-24)51-21-20-44)40(32,39(43)50)25-8-3-1-4-9-25/h1,3-4,7-11,13-17,22,30-32,34-35,44H,2,5-6,12,18-21,23H2,(H,45,46)/t30-,31+,32-,34-,35-,40+/m0/s1. The predicted octanol–water partition coefficient (Wildman–Crippen LogP) is 5.52. The highest BCUT2D eigenvalue weighted by Gasteiger charge is 2.70. The number of halogens is 1. The van der Waals surface area contributed by atoms with Gasteiger partial charge in [-0.1, -0.05) is 78.2 Å². The molecule has 1 saturated carbocycles. The third-order valence-corrected chi connectivity index (χ3v) is 11.3. The fourth-order valence-electron chi connectivity index (χ4n) is 9.05. The number of fused-ring (bicyclic) bond motifs is 4. The number of hydrogen-bond acceptors (Lipinski definition) is 7. The number of likely N-dealkylation sites (tertiary alicyclic amines) is 1. The SMILES string of the molecule is O=C(O)CCCCCN1C(=O)[C@H]2[C@H](CC=C3[C@H]2C[C@H]2C(=O)N(c4cccc(Cl)c4)C(=O)[C@@]2(c2ccccc2)[C@H]3c2ccc(OCCO)cc2)C1=O. The molecule has 0 radical (unpaired) electrons. The number of carbonyl (C=O) groups is 5. The lowest BCUT2D eigenvalue weighted by molar-refractivity contribution is -0.141. The minimum atomic E-state index is -1.38. The van der Waals surface area contributed by atoms with Gasteiger partial charge in [-0.05, 0) is 73.1 Å². The van der Waals surface area contributed by atoms with Crippen LogP contribution in [0.2, 0.25) is 5.02 Å². The smallest absolute Gasteiger partial charge is 0.303 e. The van der Waals surface area contributed by atoms with Crippen LogP contribution in [0, 0.1) is 23.7 Å². The average Bonchev–Trinajstić information content (AvgIpc) is 3.51. The van der Waals surface area contributed by atoms with E-state index in [1.165, 1.54) is 9.80 Å². The molecule has 3 aromatic carbocycles. The van der Waals surface area contributed by atoms with E-state index >= 15 is 4.79 Å².